The molecule has 1 aromatic rings. The fourth-order valence-electron chi connectivity index (χ4n) is 1.71. The summed E-state index contributed by atoms with van der Waals surface area (Å²) in [6.45, 7) is 4.25. The van der Waals surface area contributed by atoms with Gasteiger partial charge in [-0.15, -0.1) is 0 Å². The molecule has 0 saturated heterocycles. The molecule has 0 aliphatic heterocycles. The summed E-state index contributed by atoms with van der Waals surface area (Å²) in [7, 11) is 0. The van der Waals surface area contributed by atoms with Crippen LogP contribution in [0, 0.1) is 0 Å². The van der Waals surface area contributed by atoms with E-state index < -0.39 is 29.3 Å². The Morgan fingerprint density at radius 1 is 1.24 bits per heavy atom. The molecule has 0 unspecified atom stereocenters. The van der Waals surface area contributed by atoms with E-state index in [4.69, 9.17) is 5.11 Å². The monoisotopic (exact) mass is 304 g/mol. The molecule has 1 aromatic carbocycles. The Morgan fingerprint density at radius 2 is 1.81 bits per heavy atom. The molecule has 8 heteroatoms. The molecule has 2 N–H and O–H groups in total. The summed E-state index contributed by atoms with van der Waals surface area (Å²) in [4.78, 5) is 24.3. The van der Waals surface area contributed by atoms with Crippen LogP contribution in [-0.4, -0.2) is 35.1 Å². The maximum absolute atomic E-state index is 12.6. The Kier molecular flexibility index (Phi) is 5.17. The number of hydrogen-bond donors (Lipinski definition) is 2. The Hall–Kier alpha value is -2.25. The average Bonchev–Trinajstić information content (AvgIpc) is 2.38. The molecule has 5 nitrogen and oxygen atoms in total. The lowest BCUT2D eigenvalue weighted by Gasteiger charge is -2.20. The fraction of sp³-hybridized carbons (Fsp3) is 0.385. The summed E-state index contributed by atoms with van der Waals surface area (Å²) in [5, 5.41) is 11.3. The lowest BCUT2D eigenvalue weighted by Crippen LogP contribution is -2.34. The second-order valence-electron chi connectivity index (χ2n) is 4.17. The van der Waals surface area contributed by atoms with E-state index in [2.05, 4.69) is 5.32 Å². The van der Waals surface area contributed by atoms with Gasteiger partial charge in [0.1, 0.15) is 0 Å². The summed E-state index contributed by atoms with van der Waals surface area (Å²) < 4.78 is 37.7. The minimum absolute atomic E-state index is 0.174. The molecule has 0 bridgehead atoms. The van der Waals surface area contributed by atoms with Crippen molar-refractivity contribution in [3.63, 3.8) is 0 Å². The molecule has 0 spiro atoms. The number of benzene rings is 1. The zero-order valence-corrected chi connectivity index (χ0v) is 11.5. The van der Waals surface area contributed by atoms with Crippen LogP contribution >= 0.6 is 0 Å². The predicted octanol–water partition coefficient (Wildman–Crippen LogP) is 3.28. The standard InChI is InChI=1S/C13H15F3N2O3/c1-3-18(4-2)12(21)17-10-6-5-8(13(14,15)16)7-9(10)11(19)20/h5-7H,3-4H2,1-2H3,(H,17,21)(H,19,20). The zero-order chi connectivity index (χ0) is 16.2. The topological polar surface area (TPSA) is 69.6 Å². The Balaban J connectivity index is 3.13. The fourth-order valence-corrected chi connectivity index (χ4v) is 1.71. The van der Waals surface area contributed by atoms with Crippen LogP contribution in [-0.2, 0) is 6.18 Å². The number of hydrogen-bond acceptors (Lipinski definition) is 2. The summed E-state index contributed by atoms with van der Waals surface area (Å²) in [5.41, 5.74) is -1.86. The van der Waals surface area contributed by atoms with Gasteiger partial charge in [-0.25, -0.2) is 9.59 Å². The number of rotatable bonds is 4. The van der Waals surface area contributed by atoms with E-state index in [-0.39, 0.29) is 5.69 Å². The van der Waals surface area contributed by atoms with Crippen molar-refractivity contribution in [2.75, 3.05) is 18.4 Å². The van der Waals surface area contributed by atoms with Gasteiger partial charge in [0.05, 0.1) is 16.8 Å². The van der Waals surface area contributed by atoms with Crippen LogP contribution in [0.15, 0.2) is 18.2 Å². The highest BCUT2D eigenvalue weighted by Gasteiger charge is 2.32. The maximum Gasteiger partial charge on any atom is 0.416 e. The molecule has 0 heterocycles. The number of carboxylic acid groups (broad SMARTS) is 1. The van der Waals surface area contributed by atoms with Gasteiger partial charge < -0.3 is 15.3 Å². The van der Waals surface area contributed by atoms with Crippen molar-refractivity contribution in [1.82, 2.24) is 4.90 Å². The summed E-state index contributed by atoms with van der Waals surface area (Å²) >= 11 is 0. The molecule has 0 aliphatic rings. The van der Waals surface area contributed by atoms with Crippen molar-refractivity contribution >= 4 is 17.7 Å². The number of urea groups is 1. The second-order valence-corrected chi connectivity index (χ2v) is 4.17. The van der Waals surface area contributed by atoms with Crippen molar-refractivity contribution in [2.24, 2.45) is 0 Å². The SMILES string of the molecule is CCN(CC)C(=O)Nc1ccc(C(F)(F)F)cc1C(=O)O. The first kappa shape index (κ1) is 16.8. The quantitative estimate of drug-likeness (QED) is 0.897. The van der Waals surface area contributed by atoms with E-state index in [0.29, 0.717) is 19.2 Å². The predicted molar refractivity (Wildman–Crippen MR) is 70.3 cm³/mol. The van der Waals surface area contributed by atoms with Crippen molar-refractivity contribution in [2.45, 2.75) is 20.0 Å². The molecule has 0 aliphatic carbocycles. The first-order valence-corrected chi connectivity index (χ1v) is 6.21. The Morgan fingerprint density at radius 3 is 2.24 bits per heavy atom. The minimum Gasteiger partial charge on any atom is -0.478 e. The Bertz CT molecular complexity index is 540. The molecule has 0 aromatic heterocycles. The van der Waals surface area contributed by atoms with E-state index in [9.17, 15) is 22.8 Å². The largest absolute Gasteiger partial charge is 0.478 e. The third kappa shape index (κ3) is 4.11. The third-order valence-corrected chi connectivity index (χ3v) is 2.87. The number of carbonyl (C=O) groups is 2. The third-order valence-electron chi connectivity index (χ3n) is 2.87. The number of nitrogens with one attached hydrogen (secondary N) is 1. The van der Waals surface area contributed by atoms with E-state index in [1.54, 1.807) is 13.8 Å². The zero-order valence-electron chi connectivity index (χ0n) is 11.5. The molecular weight excluding hydrogens is 289 g/mol. The summed E-state index contributed by atoms with van der Waals surface area (Å²) in [6, 6.07) is 1.60. The van der Waals surface area contributed by atoms with Gasteiger partial charge >= 0.3 is 18.2 Å². The molecule has 0 fully saturated rings. The lowest BCUT2D eigenvalue weighted by molar-refractivity contribution is -0.137. The van der Waals surface area contributed by atoms with Crippen LogP contribution in [0.3, 0.4) is 0 Å². The number of halogens is 3. The van der Waals surface area contributed by atoms with Gasteiger partial charge in [-0.2, -0.15) is 13.2 Å². The van der Waals surface area contributed by atoms with E-state index >= 15 is 0 Å². The molecule has 116 valence electrons. The van der Waals surface area contributed by atoms with Crippen molar-refractivity contribution in [3.05, 3.63) is 29.3 Å². The number of carboxylic acids is 1. The van der Waals surface area contributed by atoms with Gasteiger partial charge in [-0.05, 0) is 32.0 Å². The Labute approximate surface area is 119 Å². The molecule has 0 atom stereocenters. The lowest BCUT2D eigenvalue weighted by atomic mass is 10.1. The smallest absolute Gasteiger partial charge is 0.416 e. The van der Waals surface area contributed by atoms with E-state index in [0.717, 1.165) is 12.1 Å². The van der Waals surface area contributed by atoms with Crippen molar-refractivity contribution in [1.29, 1.82) is 0 Å². The number of carbonyl (C=O) groups excluding carboxylic acids is 1. The number of amides is 2. The van der Waals surface area contributed by atoms with E-state index in [1.165, 1.54) is 4.90 Å². The van der Waals surface area contributed by atoms with E-state index in [1.807, 2.05) is 0 Å². The van der Waals surface area contributed by atoms with Crippen LogP contribution in [0.5, 0.6) is 0 Å². The average molecular weight is 304 g/mol. The molecular formula is C13H15F3N2O3. The minimum atomic E-state index is -4.65. The first-order chi connectivity index (χ1) is 9.70. The van der Waals surface area contributed by atoms with Gasteiger partial charge in [0, 0.05) is 13.1 Å². The van der Waals surface area contributed by atoms with Crippen LogP contribution in [0.1, 0.15) is 29.8 Å². The summed E-state index contributed by atoms with van der Waals surface area (Å²) in [5.74, 6) is -1.55. The highest BCUT2D eigenvalue weighted by Crippen LogP contribution is 2.32. The van der Waals surface area contributed by atoms with Crippen LogP contribution in [0.25, 0.3) is 0 Å². The molecule has 1 rings (SSSR count). The molecule has 0 saturated carbocycles. The van der Waals surface area contributed by atoms with Gasteiger partial charge in [0.15, 0.2) is 0 Å². The summed E-state index contributed by atoms with van der Waals surface area (Å²) in [6.07, 6.45) is -4.65. The normalized spacial score (nSPS) is 11.1. The molecule has 0 radical (unpaired) electrons. The van der Waals surface area contributed by atoms with Crippen LogP contribution in [0.2, 0.25) is 0 Å². The molecule has 21 heavy (non-hydrogen) atoms. The van der Waals surface area contributed by atoms with Gasteiger partial charge in [0.2, 0.25) is 0 Å². The van der Waals surface area contributed by atoms with Crippen LogP contribution < -0.4 is 5.32 Å². The highest BCUT2D eigenvalue weighted by molar-refractivity contribution is 6.00. The number of nitrogens with zero attached hydrogens (tertiary/aromatic N) is 1. The highest BCUT2D eigenvalue weighted by atomic mass is 19.4. The van der Waals surface area contributed by atoms with Gasteiger partial charge in [0.25, 0.3) is 0 Å². The maximum atomic E-state index is 12.6. The number of anilines is 1. The first-order valence-electron chi connectivity index (χ1n) is 6.21. The van der Waals surface area contributed by atoms with Crippen LogP contribution in [0.4, 0.5) is 23.7 Å². The second kappa shape index (κ2) is 6.47. The van der Waals surface area contributed by atoms with Crippen molar-refractivity contribution in [3.8, 4) is 0 Å². The molecule has 2 amide bonds. The van der Waals surface area contributed by atoms with Gasteiger partial charge in [-0.3, -0.25) is 0 Å². The van der Waals surface area contributed by atoms with Crippen molar-refractivity contribution < 1.29 is 27.9 Å². The van der Waals surface area contributed by atoms with Gasteiger partial charge in [-0.1, -0.05) is 0 Å². The number of alkyl halides is 3. The number of aromatic carboxylic acids is 1.